The Balaban J connectivity index is 2.69. The van der Waals surface area contributed by atoms with Crippen molar-refractivity contribution in [1.29, 1.82) is 0 Å². The van der Waals surface area contributed by atoms with E-state index in [-0.39, 0.29) is 5.75 Å². The van der Waals surface area contributed by atoms with Crippen molar-refractivity contribution in [2.45, 2.75) is 20.3 Å². The molecule has 0 radical (unpaired) electrons. The van der Waals surface area contributed by atoms with Crippen LogP contribution in [0.2, 0.25) is 0 Å². The lowest BCUT2D eigenvalue weighted by Crippen LogP contribution is -2.26. The molecule has 0 aliphatic rings. The molecule has 0 aliphatic carbocycles. The second-order valence-electron chi connectivity index (χ2n) is 3.89. The molecule has 3 N–H and O–H groups in total. The number of nitrogens with zero attached hydrogens (tertiary/aromatic N) is 2. The van der Waals surface area contributed by atoms with Crippen LogP contribution < -0.4 is 15.4 Å². The van der Waals surface area contributed by atoms with Crippen molar-refractivity contribution in [2.24, 2.45) is 0 Å². The third-order valence-electron chi connectivity index (χ3n) is 2.43. The summed E-state index contributed by atoms with van der Waals surface area (Å²) in [5, 5.41) is 6.12. The van der Waals surface area contributed by atoms with E-state index in [1.54, 1.807) is 6.07 Å². The van der Waals surface area contributed by atoms with Gasteiger partial charge in [-0.05, 0) is 14.0 Å². The predicted molar refractivity (Wildman–Crippen MR) is 76.9 cm³/mol. The van der Waals surface area contributed by atoms with Crippen molar-refractivity contribution in [3.8, 4) is 0 Å². The van der Waals surface area contributed by atoms with E-state index in [9.17, 15) is 8.42 Å². The largest absolute Gasteiger partial charge is 0.370 e. The van der Waals surface area contributed by atoms with Crippen LogP contribution in [0.15, 0.2) is 6.07 Å². The maximum Gasteiger partial charge on any atom is 0.213 e. The van der Waals surface area contributed by atoms with Gasteiger partial charge in [0.25, 0.3) is 0 Å². The minimum atomic E-state index is -3.20. The van der Waals surface area contributed by atoms with Gasteiger partial charge < -0.3 is 10.6 Å². The van der Waals surface area contributed by atoms with Crippen LogP contribution in [0.5, 0.6) is 0 Å². The van der Waals surface area contributed by atoms with Gasteiger partial charge in [-0.2, -0.15) is 0 Å². The summed E-state index contributed by atoms with van der Waals surface area (Å²) in [4.78, 5) is 8.62. The number of sulfonamides is 1. The summed E-state index contributed by atoms with van der Waals surface area (Å²) in [5.74, 6) is 2.10. The molecule has 1 aromatic heterocycles. The Labute approximate surface area is 114 Å². The van der Waals surface area contributed by atoms with E-state index < -0.39 is 10.0 Å². The molecule has 0 spiro atoms. The fraction of sp³-hybridized carbons (Fsp3) is 0.636. The summed E-state index contributed by atoms with van der Waals surface area (Å²) < 4.78 is 24.8. The van der Waals surface area contributed by atoms with Crippen LogP contribution in [0.4, 0.5) is 11.6 Å². The fourth-order valence-electron chi connectivity index (χ4n) is 1.43. The van der Waals surface area contributed by atoms with Gasteiger partial charge in [-0.3, -0.25) is 0 Å². The first-order valence-corrected chi connectivity index (χ1v) is 7.93. The molecular weight excluding hydrogens is 266 g/mol. The predicted octanol–water partition coefficient (Wildman–Crippen LogP) is 0.432. The number of nitrogens with one attached hydrogen (secondary N) is 3. The van der Waals surface area contributed by atoms with E-state index in [0.717, 1.165) is 24.6 Å². The molecule has 1 heterocycles. The molecule has 0 amide bonds. The van der Waals surface area contributed by atoms with Crippen LogP contribution in [0.25, 0.3) is 0 Å². The SMILES string of the molecule is CCNc1cc(NCCS(=O)(=O)NC)nc(CC)n1. The molecule has 0 aliphatic heterocycles. The van der Waals surface area contributed by atoms with Crippen LogP contribution in [-0.2, 0) is 16.4 Å². The Morgan fingerprint density at radius 2 is 1.79 bits per heavy atom. The number of rotatable bonds is 8. The van der Waals surface area contributed by atoms with E-state index in [4.69, 9.17) is 0 Å². The molecule has 7 nitrogen and oxygen atoms in total. The highest BCUT2D eigenvalue weighted by Crippen LogP contribution is 2.11. The standard InChI is InChI=1S/C11H21N5O2S/c1-4-9-15-10(13-5-2)8-11(16-9)14-6-7-19(17,18)12-3/h8,12H,4-7H2,1-3H3,(H2,13,14,15,16). The van der Waals surface area contributed by atoms with Crippen molar-refractivity contribution < 1.29 is 8.42 Å². The highest BCUT2D eigenvalue weighted by Gasteiger charge is 2.07. The Kier molecular flexibility index (Phi) is 5.97. The molecule has 0 unspecified atom stereocenters. The second-order valence-corrected chi connectivity index (χ2v) is 5.93. The first-order chi connectivity index (χ1) is 9.00. The molecule has 108 valence electrons. The smallest absolute Gasteiger partial charge is 0.213 e. The molecule has 19 heavy (non-hydrogen) atoms. The summed E-state index contributed by atoms with van der Waals surface area (Å²) in [6.07, 6.45) is 0.725. The van der Waals surface area contributed by atoms with Crippen molar-refractivity contribution >= 4 is 21.7 Å². The van der Waals surface area contributed by atoms with Crippen LogP contribution in [0.1, 0.15) is 19.7 Å². The summed E-state index contributed by atoms with van der Waals surface area (Å²) in [5.41, 5.74) is 0. The van der Waals surface area contributed by atoms with E-state index in [2.05, 4.69) is 25.3 Å². The lowest BCUT2D eigenvalue weighted by atomic mass is 10.4. The topological polar surface area (TPSA) is 96.0 Å². The van der Waals surface area contributed by atoms with E-state index in [0.29, 0.717) is 12.4 Å². The highest BCUT2D eigenvalue weighted by molar-refractivity contribution is 7.89. The molecule has 0 bridgehead atoms. The number of hydrogen-bond donors (Lipinski definition) is 3. The normalized spacial score (nSPS) is 11.3. The van der Waals surface area contributed by atoms with Gasteiger partial charge in [0.15, 0.2) is 0 Å². The van der Waals surface area contributed by atoms with Crippen LogP contribution in [0.3, 0.4) is 0 Å². The number of aromatic nitrogens is 2. The Hall–Kier alpha value is -1.41. The van der Waals surface area contributed by atoms with Crippen LogP contribution in [-0.4, -0.2) is 44.3 Å². The second kappa shape index (κ2) is 7.25. The lowest BCUT2D eigenvalue weighted by molar-refractivity contribution is 0.588. The average Bonchev–Trinajstić information content (AvgIpc) is 2.38. The number of hydrogen-bond acceptors (Lipinski definition) is 6. The molecule has 0 aromatic carbocycles. The number of aryl methyl sites for hydroxylation is 1. The Bertz CT molecular complexity index is 504. The van der Waals surface area contributed by atoms with Gasteiger partial charge in [-0.15, -0.1) is 0 Å². The Morgan fingerprint density at radius 3 is 2.32 bits per heavy atom. The number of anilines is 2. The van der Waals surface area contributed by atoms with Crippen molar-refractivity contribution in [3.05, 3.63) is 11.9 Å². The molecule has 0 atom stereocenters. The van der Waals surface area contributed by atoms with Crippen LogP contribution in [0, 0.1) is 0 Å². The van der Waals surface area contributed by atoms with Crippen molar-refractivity contribution in [2.75, 3.05) is 36.5 Å². The minimum Gasteiger partial charge on any atom is -0.370 e. The molecular formula is C11H21N5O2S. The fourth-order valence-corrected chi connectivity index (χ4v) is 2.01. The summed E-state index contributed by atoms with van der Waals surface area (Å²) in [6, 6.07) is 1.77. The lowest BCUT2D eigenvalue weighted by Gasteiger charge is -2.10. The van der Waals surface area contributed by atoms with Crippen molar-refractivity contribution in [1.82, 2.24) is 14.7 Å². The van der Waals surface area contributed by atoms with Gasteiger partial charge in [0, 0.05) is 25.6 Å². The molecule has 0 saturated carbocycles. The van der Waals surface area contributed by atoms with E-state index in [1.807, 2.05) is 13.8 Å². The first kappa shape index (κ1) is 15.6. The maximum absolute atomic E-state index is 11.3. The Morgan fingerprint density at radius 1 is 1.16 bits per heavy atom. The zero-order valence-electron chi connectivity index (χ0n) is 11.5. The summed E-state index contributed by atoms with van der Waals surface area (Å²) in [7, 11) is -1.80. The maximum atomic E-state index is 11.3. The zero-order chi connectivity index (χ0) is 14.3. The minimum absolute atomic E-state index is 0.00546. The molecule has 1 rings (SSSR count). The van der Waals surface area contributed by atoms with Gasteiger partial charge in [0.2, 0.25) is 10.0 Å². The van der Waals surface area contributed by atoms with Crippen LogP contribution >= 0.6 is 0 Å². The third kappa shape index (κ3) is 5.39. The van der Waals surface area contributed by atoms with E-state index >= 15 is 0 Å². The molecule has 0 saturated heterocycles. The molecule has 8 heteroatoms. The molecule has 0 fully saturated rings. The summed E-state index contributed by atoms with van der Waals surface area (Å²) >= 11 is 0. The van der Waals surface area contributed by atoms with Gasteiger partial charge in [0.05, 0.1) is 5.75 Å². The van der Waals surface area contributed by atoms with E-state index in [1.165, 1.54) is 7.05 Å². The first-order valence-electron chi connectivity index (χ1n) is 6.27. The highest BCUT2D eigenvalue weighted by atomic mass is 32.2. The van der Waals surface area contributed by atoms with Gasteiger partial charge in [-0.1, -0.05) is 6.92 Å². The van der Waals surface area contributed by atoms with Gasteiger partial charge in [-0.25, -0.2) is 23.1 Å². The van der Waals surface area contributed by atoms with Gasteiger partial charge in [0.1, 0.15) is 17.5 Å². The monoisotopic (exact) mass is 287 g/mol. The average molecular weight is 287 g/mol. The third-order valence-corrected chi connectivity index (χ3v) is 3.80. The van der Waals surface area contributed by atoms with Crippen molar-refractivity contribution in [3.63, 3.8) is 0 Å². The van der Waals surface area contributed by atoms with Gasteiger partial charge >= 0.3 is 0 Å². The molecule has 1 aromatic rings. The quantitative estimate of drug-likeness (QED) is 0.642. The summed E-state index contributed by atoms with van der Waals surface area (Å²) in [6.45, 7) is 5.03. The zero-order valence-corrected chi connectivity index (χ0v) is 12.3.